The first-order chi connectivity index (χ1) is 12.4. The molecule has 0 aliphatic rings. The summed E-state index contributed by atoms with van der Waals surface area (Å²) in [6.07, 6.45) is 0.968. The molecule has 2 aromatic carbocycles. The molecule has 0 saturated carbocycles. The highest BCUT2D eigenvalue weighted by atomic mass is 16.5. The minimum atomic E-state index is -0.407. The number of nitrogens with two attached hydrogens (primary N) is 1. The van der Waals surface area contributed by atoms with E-state index >= 15 is 0 Å². The molecule has 0 aromatic heterocycles. The van der Waals surface area contributed by atoms with Crippen molar-refractivity contribution in [2.75, 3.05) is 11.9 Å². The zero-order valence-corrected chi connectivity index (χ0v) is 15.1. The van der Waals surface area contributed by atoms with Gasteiger partial charge < -0.3 is 21.1 Å². The van der Waals surface area contributed by atoms with Gasteiger partial charge in [-0.05, 0) is 55.7 Å². The summed E-state index contributed by atoms with van der Waals surface area (Å²) in [7, 11) is 0. The van der Waals surface area contributed by atoms with E-state index in [9.17, 15) is 9.59 Å². The molecule has 3 amide bonds. The Bertz CT molecular complexity index is 759. The zero-order valence-electron chi connectivity index (χ0n) is 15.1. The average Bonchev–Trinajstić information content (AvgIpc) is 2.54. The fraction of sp³-hybridized carbons (Fsp3) is 0.300. The number of amides is 3. The Labute approximate surface area is 153 Å². The van der Waals surface area contributed by atoms with Gasteiger partial charge in [0.15, 0.2) is 0 Å². The van der Waals surface area contributed by atoms with Gasteiger partial charge in [0.1, 0.15) is 5.75 Å². The van der Waals surface area contributed by atoms with Gasteiger partial charge in [0.2, 0.25) is 5.91 Å². The second kappa shape index (κ2) is 9.46. The molecule has 4 N–H and O–H groups in total. The van der Waals surface area contributed by atoms with Gasteiger partial charge in [-0.2, -0.15) is 0 Å². The first-order valence-corrected chi connectivity index (χ1v) is 8.60. The van der Waals surface area contributed by atoms with Crippen molar-refractivity contribution in [2.24, 2.45) is 5.73 Å². The lowest BCUT2D eigenvalue weighted by Gasteiger charge is -2.11. The van der Waals surface area contributed by atoms with Crippen molar-refractivity contribution >= 4 is 17.6 Å². The Morgan fingerprint density at radius 2 is 1.81 bits per heavy atom. The average molecular weight is 355 g/mol. The van der Waals surface area contributed by atoms with Crippen molar-refractivity contribution in [3.8, 4) is 5.75 Å². The summed E-state index contributed by atoms with van der Waals surface area (Å²) < 4.78 is 5.67. The SMILES string of the molecule is CC(C)Oc1cccc(CCNC(=O)Nc2cccc(CC(N)=O)c2)c1. The van der Waals surface area contributed by atoms with E-state index in [-0.39, 0.29) is 18.6 Å². The van der Waals surface area contributed by atoms with Crippen LogP contribution in [-0.4, -0.2) is 24.6 Å². The molecule has 0 radical (unpaired) electrons. The number of ether oxygens (including phenoxy) is 1. The fourth-order valence-electron chi connectivity index (χ4n) is 2.50. The van der Waals surface area contributed by atoms with E-state index in [1.54, 1.807) is 24.3 Å². The quantitative estimate of drug-likeness (QED) is 0.680. The number of carbonyl (C=O) groups excluding carboxylic acids is 2. The highest BCUT2D eigenvalue weighted by Crippen LogP contribution is 2.15. The van der Waals surface area contributed by atoms with Gasteiger partial charge in [-0.25, -0.2) is 4.79 Å². The zero-order chi connectivity index (χ0) is 18.9. The van der Waals surface area contributed by atoms with E-state index in [0.29, 0.717) is 18.7 Å². The van der Waals surface area contributed by atoms with E-state index in [4.69, 9.17) is 10.5 Å². The van der Waals surface area contributed by atoms with E-state index < -0.39 is 5.91 Å². The van der Waals surface area contributed by atoms with Crippen molar-refractivity contribution in [1.82, 2.24) is 5.32 Å². The predicted octanol–water partition coefficient (Wildman–Crippen LogP) is 2.87. The second-order valence-corrected chi connectivity index (χ2v) is 6.29. The number of benzene rings is 2. The van der Waals surface area contributed by atoms with Crippen LogP contribution < -0.4 is 21.1 Å². The molecule has 0 unspecified atom stereocenters. The molecule has 138 valence electrons. The third-order valence-electron chi connectivity index (χ3n) is 3.53. The molecule has 0 bridgehead atoms. The molecule has 0 aliphatic heterocycles. The molecule has 2 rings (SSSR count). The topological polar surface area (TPSA) is 93.4 Å². The number of carbonyl (C=O) groups is 2. The van der Waals surface area contributed by atoms with Crippen LogP contribution in [-0.2, 0) is 17.6 Å². The summed E-state index contributed by atoms with van der Waals surface area (Å²) in [5.41, 5.74) is 7.66. The van der Waals surface area contributed by atoms with Crippen LogP contribution in [0.15, 0.2) is 48.5 Å². The second-order valence-electron chi connectivity index (χ2n) is 6.29. The molecule has 0 heterocycles. The largest absolute Gasteiger partial charge is 0.491 e. The van der Waals surface area contributed by atoms with Crippen LogP contribution in [0, 0.1) is 0 Å². The first kappa shape index (κ1) is 19.3. The maximum atomic E-state index is 12.0. The van der Waals surface area contributed by atoms with Gasteiger partial charge in [-0.3, -0.25) is 4.79 Å². The smallest absolute Gasteiger partial charge is 0.319 e. The maximum absolute atomic E-state index is 12.0. The Balaban J connectivity index is 1.81. The van der Waals surface area contributed by atoms with Crippen LogP contribution in [0.5, 0.6) is 5.75 Å². The first-order valence-electron chi connectivity index (χ1n) is 8.60. The Morgan fingerprint density at radius 1 is 1.08 bits per heavy atom. The molecule has 6 heteroatoms. The van der Waals surface area contributed by atoms with Gasteiger partial charge >= 0.3 is 6.03 Å². The van der Waals surface area contributed by atoms with Gasteiger partial charge in [0.25, 0.3) is 0 Å². The van der Waals surface area contributed by atoms with E-state index in [0.717, 1.165) is 16.9 Å². The van der Waals surface area contributed by atoms with Crippen LogP contribution in [0.4, 0.5) is 10.5 Å². The molecule has 2 aromatic rings. The lowest BCUT2D eigenvalue weighted by atomic mass is 10.1. The van der Waals surface area contributed by atoms with Crippen molar-refractivity contribution in [2.45, 2.75) is 32.8 Å². The summed E-state index contributed by atoms with van der Waals surface area (Å²) in [5, 5.41) is 5.57. The summed E-state index contributed by atoms with van der Waals surface area (Å²) >= 11 is 0. The molecule has 26 heavy (non-hydrogen) atoms. The van der Waals surface area contributed by atoms with Gasteiger partial charge in [-0.1, -0.05) is 24.3 Å². The van der Waals surface area contributed by atoms with Crippen molar-refractivity contribution in [1.29, 1.82) is 0 Å². The highest BCUT2D eigenvalue weighted by molar-refractivity contribution is 5.89. The normalized spacial score (nSPS) is 10.4. The molecular weight excluding hydrogens is 330 g/mol. The molecule has 6 nitrogen and oxygen atoms in total. The summed E-state index contributed by atoms with van der Waals surface area (Å²) in [5.74, 6) is 0.420. The maximum Gasteiger partial charge on any atom is 0.319 e. The summed E-state index contributed by atoms with van der Waals surface area (Å²) in [6, 6.07) is 14.6. The van der Waals surface area contributed by atoms with Gasteiger partial charge in [0.05, 0.1) is 12.5 Å². The summed E-state index contributed by atoms with van der Waals surface area (Å²) in [6.45, 7) is 4.46. The van der Waals surface area contributed by atoms with Crippen LogP contribution >= 0.6 is 0 Å². The third-order valence-corrected chi connectivity index (χ3v) is 3.53. The van der Waals surface area contributed by atoms with E-state index in [2.05, 4.69) is 10.6 Å². The van der Waals surface area contributed by atoms with Gasteiger partial charge in [0, 0.05) is 12.2 Å². The van der Waals surface area contributed by atoms with E-state index in [1.165, 1.54) is 0 Å². The highest BCUT2D eigenvalue weighted by Gasteiger charge is 2.05. The minimum Gasteiger partial charge on any atom is -0.491 e. The van der Waals surface area contributed by atoms with Crippen molar-refractivity contribution < 1.29 is 14.3 Å². The van der Waals surface area contributed by atoms with Crippen molar-refractivity contribution in [3.63, 3.8) is 0 Å². The van der Waals surface area contributed by atoms with Crippen LogP contribution in [0.25, 0.3) is 0 Å². The number of primary amides is 1. The number of anilines is 1. The molecule has 0 fully saturated rings. The Kier molecular flexibility index (Phi) is 7.02. The Morgan fingerprint density at radius 3 is 2.54 bits per heavy atom. The monoisotopic (exact) mass is 355 g/mol. The van der Waals surface area contributed by atoms with E-state index in [1.807, 2.05) is 38.1 Å². The van der Waals surface area contributed by atoms with Crippen LogP contribution in [0.2, 0.25) is 0 Å². The molecule has 0 atom stereocenters. The lowest BCUT2D eigenvalue weighted by molar-refractivity contribution is -0.117. The minimum absolute atomic E-state index is 0.125. The molecule has 0 spiro atoms. The number of rotatable bonds is 8. The number of nitrogens with one attached hydrogen (secondary N) is 2. The standard InChI is InChI=1S/C20H25N3O3/c1-14(2)26-18-8-4-5-15(12-18)9-10-22-20(25)23-17-7-3-6-16(11-17)13-19(21)24/h3-8,11-12,14H,9-10,13H2,1-2H3,(H2,21,24)(H2,22,23,25). The van der Waals surface area contributed by atoms with Crippen molar-refractivity contribution in [3.05, 3.63) is 59.7 Å². The third kappa shape index (κ3) is 6.84. The number of hydrogen-bond acceptors (Lipinski definition) is 3. The number of hydrogen-bond donors (Lipinski definition) is 3. The van der Waals surface area contributed by atoms with Gasteiger partial charge in [-0.15, -0.1) is 0 Å². The number of urea groups is 1. The molecule has 0 aliphatic carbocycles. The Hall–Kier alpha value is -3.02. The molecule has 0 saturated heterocycles. The molecular formula is C20H25N3O3. The fourth-order valence-corrected chi connectivity index (χ4v) is 2.50. The summed E-state index contributed by atoms with van der Waals surface area (Å²) in [4.78, 5) is 23.0. The van der Waals surface area contributed by atoms with Crippen LogP contribution in [0.1, 0.15) is 25.0 Å². The predicted molar refractivity (Wildman–Crippen MR) is 102 cm³/mol. The van der Waals surface area contributed by atoms with Crippen LogP contribution in [0.3, 0.4) is 0 Å². The lowest BCUT2D eigenvalue weighted by Crippen LogP contribution is -2.30.